The van der Waals surface area contributed by atoms with Crippen molar-refractivity contribution in [1.29, 1.82) is 0 Å². The Morgan fingerprint density at radius 3 is 2.23 bits per heavy atom. The second-order valence-corrected chi connectivity index (χ2v) is 9.50. The van der Waals surface area contributed by atoms with Crippen molar-refractivity contribution in [2.24, 2.45) is 23.7 Å². The number of hydrogen-bond donors (Lipinski definition) is 1. The van der Waals surface area contributed by atoms with Gasteiger partial charge in [-0.05, 0) is 26.2 Å². The summed E-state index contributed by atoms with van der Waals surface area (Å²) in [5, 5.41) is 11.2. The highest BCUT2D eigenvalue weighted by atomic mass is 16.6. The topological polar surface area (TPSA) is 116 Å². The fourth-order valence-corrected chi connectivity index (χ4v) is 3.92. The number of carbonyl (C=O) groups excluding carboxylic acids is 4. The van der Waals surface area contributed by atoms with Crippen LogP contribution in [0.1, 0.15) is 60.8 Å². The Morgan fingerprint density at radius 1 is 1.13 bits per heavy atom. The molecule has 0 bridgehead atoms. The van der Waals surface area contributed by atoms with E-state index in [0.717, 1.165) is 0 Å². The quantitative estimate of drug-likeness (QED) is 0.404. The Hall–Kier alpha value is -2.22. The van der Waals surface area contributed by atoms with E-state index in [4.69, 9.17) is 14.2 Å². The smallest absolute Gasteiger partial charge is 0.334 e. The van der Waals surface area contributed by atoms with Crippen LogP contribution in [0.4, 0.5) is 0 Å². The van der Waals surface area contributed by atoms with Crippen LogP contribution in [0.25, 0.3) is 0 Å². The minimum absolute atomic E-state index is 0.0472. The summed E-state index contributed by atoms with van der Waals surface area (Å²) in [5.41, 5.74) is -1.58. The predicted molar refractivity (Wildman–Crippen MR) is 111 cm³/mol. The lowest BCUT2D eigenvalue weighted by Gasteiger charge is -2.40. The Morgan fingerprint density at radius 2 is 1.68 bits per heavy atom. The average molecular weight is 439 g/mol. The maximum Gasteiger partial charge on any atom is 0.334 e. The van der Waals surface area contributed by atoms with Gasteiger partial charge in [-0.3, -0.25) is 14.4 Å². The van der Waals surface area contributed by atoms with Crippen molar-refractivity contribution >= 4 is 23.7 Å². The van der Waals surface area contributed by atoms with Crippen LogP contribution in [0, 0.1) is 23.7 Å². The summed E-state index contributed by atoms with van der Waals surface area (Å²) >= 11 is 0. The maximum atomic E-state index is 13.3. The van der Waals surface area contributed by atoms with E-state index in [1.807, 2.05) is 0 Å². The highest BCUT2D eigenvalue weighted by Gasteiger charge is 2.57. The second-order valence-electron chi connectivity index (χ2n) is 9.50. The van der Waals surface area contributed by atoms with Gasteiger partial charge in [-0.15, -0.1) is 0 Å². The third kappa shape index (κ3) is 5.34. The molecule has 2 aliphatic rings. The van der Waals surface area contributed by atoms with E-state index in [-0.39, 0.29) is 17.8 Å². The van der Waals surface area contributed by atoms with E-state index < -0.39 is 65.5 Å². The first-order valence-electron chi connectivity index (χ1n) is 10.8. The molecule has 1 N–H and O–H groups in total. The molecule has 2 rings (SSSR count). The molecule has 0 aromatic rings. The number of hydrogen-bond acceptors (Lipinski definition) is 8. The minimum atomic E-state index is -1.54. The number of aliphatic hydroxyl groups is 1. The van der Waals surface area contributed by atoms with Gasteiger partial charge in [0.2, 0.25) is 0 Å². The van der Waals surface area contributed by atoms with Crippen LogP contribution in [-0.2, 0) is 33.4 Å². The molecule has 0 radical (unpaired) electrons. The maximum absolute atomic E-state index is 13.3. The second kappa shape index (κ2) is 9.51. The van der Waals surface area contributed by atoms with Crippen LogP contribution in [0.15, 0.2) is 12.2 Å². The lowest BCUT2D eigenvalue weighted by Crippen LogP contribution is -2.55. The molecule has 0 aromatic heterocycles. The molecule has 31 heavy (non-hydrogen) atoms. The van der Waals surface area contributed by atoms with Gasteiger partial charge in [0.25, 0.3) is 0 Å². The molecule has 1 heterocycles. The van der Waals surface area contributed by atoms with Crippen LogP contribution < -0.4 is 0 Å². The van der Waals surface area contributed by atoms with Crippen LogP contribution in [0.2, 0.25) is 0 Å². The van der Waals surface area contributed by atoms with Gasteiger partial charge < -0.3 is 19.3 Å². The molecule has 6 unspecified atom stereocenters. The first-order valence-corrected chi connectivity index (χ1v) is 10.8. The standard InChI is InChI=1S/C23H34O8/c1-11(2)20(25)29-17-15-14(6)22(27)30-18(15)19(31-21(26)12(3)4)23(7,28)10-8-9-13(5)16(17)24/h11-13,15,17-19,28H,6,8-10H2,1-5,7H3. The number of fused-ring (bicyclic) bond motifs is 1. The number of rotatable bonds is 4. The van der Waals surface area contributed by atoms with Crippen molar-refractivity contribution in [3.05, 3.63) is 12.2 Å². The summed E-state index contributed by atoms with van der Waals surface area (Å²) in [6.45, 7) is 13.6. The first-order chi connectivity index (χ1) is 14.3. The molecule has 6 atom stereocenters. The van der Waals surface area contributed by atoms with Crippen LogP contribution in [0.3, 0.4) is 0 Å². The molecule has 174 valence electrons. The van der Waals surface area contributed by atoms with Crippen LogP contribution in [-0.4, -0.2) is 52.7 Å². The van der Waals surface area contributed by atoms with Crippen molar-refractivity contribution in [2.45, 2.75) is 84.7 Å². The van der Waals surface area contributed by atoms with Crippen LogP contribution >= 0.6 is 0 Å². The van der Waals surface area contributed by atoms with Crippen molar-refractivity contribution in [3.63, 3.8) is 0 Å². The summed E-state index contributed by atoms with van der Waals surface area (Å²) in [6.07, 6.45) is -2.66. The number of ketones is 1. The molecular formula is C23H34O8. The molecule has 1 aliphatic carbocycles. The minimum Gasteiger partial charge on any atom is -0.455 e. The molecule has 0 aromatic carbocycles. The van der Waals surface area contributed by atoms with E-state index in [1.165, 1.54) is 6.92 Å². The molecular weight excluding hydrogens is 404 g/mol. The van der Waals surface area contributed by atoms with Crippen molar-refractivity contribution in [1.82, 2.24) is 0 Å². The highest BCUT2D eigenvalue weighted by molar-refractivity contribution is 5.95. The molecule has 1 saturated heterocycles. The Balaban J connectivity index is 2.58. The van der Waals surface area contributed by atoms with Gasteiger partial charge in [0, 0.05) is 11.5 Å². The number of carbonyl (C=O) groups is 4. The molecule has 1 aliphatic heterocycles. The van der Waals surface area contributed by atoms with Gasteiger partial charge in [-0.2, -0.15) is 0 Å². The van der Waals surface area contributed by atoms with E-state index in [1.54, 1.807) is 34.6 Å². The van der Waals surface area contributed by atoms with E-state index in [2.05, 4.69) is 6.58 Å². The van der Waals surface area contributed by atoms with Gasteiger partial charge in [0.05, 0.1) is 17.8 Å². The van der Waals surface area contributed by atoms with Crippen molar-refractivity contribution in [2.75, 3.05) is 0 Å². The number of ether oxygens (including phenoxy) is 3. The Kier molecular flexibility index (Phi) is 7.68. The van der Waals surface area contributed by atoms with E-state index in [0.29, 0.717) is 12.8 Å². The third-order valence-corrected chi connectivity index (χ3v) is 6.01. The SMILES string of the molecule is C=C1C(=O)OC2C1C(OC(=O)C(C)C)C(=O)C(C)CCCC(C)(O)C2OC(=O)C(C)C. The largest absolute Gasteiger partial charge is 0.455 e. The summed E-state index contributed by atoms with van der Waals surface area (Å²) in [5.74, 6) is -4.83. The summed E-state index contributed by atoms with van der Waals surface area (Å²) in [7, 11) is 0. The fraction of sp³-hybridized carbons (Fsp3) is 0.739. The van der Waals surface area contributed by atoms with E-state index in [9.17, 15) is 24.3 Å². The Bertz CT molecular complexity index is 751. The average Bonchev–Trinajstić information content (AvgIpc) is 2.96. The fourth-order valence-electron chi connectivity index (χ4n) is 3.92. The predicted octanol–water partition coefficient (Wildman–Crippen LogP) is 2.36. The van der Waals surface area contributed by atoms with Gasteiger partial charge in [0.1, 0.15) is 5.60 Å². The first kappa shape index (κ1) is 25.0. The van der Waals surface area contributed by atoms with Gasteiger partial charge >= 0.3 is 17.9 Å². The highest BCUT2D eigenvalue weighted by Crippen LogP contribution is 2.41. The molecule has 0 amide bonds. The van der Waals surface area contributed by atoms with Crippen LogP contribution in [0.5, 0.6) is 0 Å². The third-order valence-electron chi connectivity index (χ3n) is 6.01. The summed E-state index contributed by atoms with van der Waals surface area (Å²) in [4.78, 5) is 50.6. The monoisotopic (exact) mass is 438 g/mol. The molecule has 8 nitrogen and oxygen atoms in total. The van der Waals surface area contributed by atoms with Crippen molar-refractivity contribution < 1.29 is 38.5 Å². The van der Waals surface area contributed by atoms with Gasteiger partial charge in [-0.25, -0.2) is 4.79 Å². The zero-order valence-electron chi connectivity index (χ0n) is 19.2. The normalized spacial score (nSPS) is 34.4. The van der Waals surface area contributed by atoms with Gasteiger partial charge in [-0.1, -0.05) is 41.2 Å². The van der Waals surface area contributed by atoms with Crippen molar-refractivity contribution in [3.8, 4) is 0 Å². The Labute approximate surface area is 183 Å². The number of esters is 3. The van der Waals surface area contributed by atoms with E-state index >= 15 is 0 Å². The lowest BCUT2D eigenvalue weighted by molar-refractivity contribution is -0.196. The molecule has 2 fully saturated rings. The molecule has 8 heteroatoms. The molecule has 0 spiro atoms. The van der Waals surface area contributed by atoms with Gasteiger partial charge in [0.15, 0.2) is 24.1 Å². The summed E-state index contributed by atoms with van der Waals surface area (Å²) in [6, 6.07) is 0. The molecule has 1 saturated carbocycles. The summed E-state index contributed by atoms with van der Waals surface area (Å²) < 4.78 is 16.7. The zero-order valence-corrected chi connectivity index (χ0v) is 19.2. The lowest BCUT2D eigenvalue weighted by atomic mass is 9.76. The number of Topliss-reactive ketones (excluding diaryl/α,β-unsaturated/α-hetero) is 1. The zero-order chi connectivity index (χ0) is 23.7.